The summed E-state index contributed by atoms with van der Waals surface area (Å²) in [6, 6.07) is 8.89. The molecule has 2 unspecified atom stereocenters. The predicted octanol–water partition coefficient (Wildman–Crippen LogP) is 3.28. The number of hydrogen-bond acceptors (Lipinski definition) is 6. The molecule has 0 radical (unpaired) electrons. The van der Waals surface area contributed by atoms with Gasteiger partial charge in [-0.1, -0.05) is 0 Å². The quantitative estimate of drug-likeness (QED) is 0.643. The number of hydrogen-bond donors (Lipinski definition) is 2. The highest BCUT2D eigenvalue weighted by Crippen LogP contribution is 2.30. The van der Waals surface area contributed by atoms with Crippen LogP contribution in [0.15, 0.2) is 49.1 Å². The Bertz CT molecular complexity index is 933. The molecule has 1 saturated carbocycles. The van der Waals surface area contributed by atoms with Crippen LogP contribution in [-0.2, 0) is 0 Å². The molecule has 3 atom stereocenters. The van der Waals surface area contributed by atoms with Crippen molar-refractivity contribution in [3.8, 4) is 28.6 Å². The molecular formula is C21H24FN5O2. The van der Waals surface area contributed by atoms with E-state index in [1.165, 1.54) is 0 Å². The number of imidazole rings is 1. The number of halogens is 1. The summed E-state index contributed by atoms with van der Waals surface area (Å²) < 4.78 is 22.0. The Kier molecular flexibility index (Phi) is 5.71. The molecular weight excluding hydrogens is 373 g/mol. The summed E-state index contributed by atoms with van der Waals surface area (Å²) in [5, 5.41) is 21.9. The summed E-state index contributed by atoms with van der Waals surface area (Å²) in [5.74, 6) is 0.372. The molecule has 1 aliphatic carbocycles. The maximum atomic E-state index is 14.4. The van der Waals surface area contributed by atoms with Gasteiger partial charge in [-0.05, 0) is 44.5 Å². The van der Waals surface area contributed by atoms with Crippen LogP contribution in [0.5, 0.6) is 11.6 Å². The van der Waals surface area contributed by atoms with Gasteiger partial charge in [0.15, 0.2) is 0 Å². The molecule has 152 valence electrons. The van der Waals surface area contributed by atoms with Crippen molar-refractivity contribution >= 4 is 0 Å². The lowest BCUT2D eigenvalue weighted by molar-refractivity contribution is 0.0837. The Morgan fingerprint density at radius 2 is 2.10 bits per heavy atom. The summed E-state index contributed by atoms with van der Waals surface area (Å²) in [5.41, 5.74) is 1.86. The zero-order valence-electron chi connectivity index (χ0n) is 16.2. The van der Waals surface area contributed by atoms with Crippen molar-refractivity contribution in [1.29, 1.82) is 0 Å². The van der Waals surface area contributed by atoms with Crippen LogP contribution < -0.4 is 10.1 Å². The van der Waals surface area contributed by atoms with Crippen LogP contribution in [0.3, 0.4) is 0 Å². The van der Waals surface area contributed by atoms with Crippen molar-refractivity contribution in [1.82, 2.24) is 25.1 Å². The highest BCUT2D eigenvalue weighted by atomic mass is 19.1. The van der Waals surface area contributed by atoms with E-state index in [2.05, 4.69) is 20.5 Å². The van der Waals surface area contributed by atoms with Gasteiger partial charge in [-0.15, -0.1) is 10.2 Å². The second-order valence-electron chi connectivity index (χ2n) is 7.25. The smallest absolute Gasteiger partial charge is 0.233 e. The third-order valence-electron chi connectivity index (χ3n) is 5.33. The number of phenolic OH excluding ortho intramolecular Hbond substituents is 1. The molecule has 29 heavy (non-hydrogen) atoms. The minimum Gasteiger partial charge on any atom is -0.507 e. The van der Waals surface area contributed by atoms with E-state index in [0.29, 0.717) is 24.1 Å². The molecule has 2 heterocycles. The third-order valence-corrected chi connectivity index (χ3v) is 5.33. The van der Waals surface area contributed by atoms with Crippen LogP contribution in [0.1, 0.15) is 25.7 Å². The van der Waals surface area contributed by atoms with E-state index in [1.807, 2.05) is 13.1 Å². The molecule has 1 fully saturated rings. The number of nitrogens with one attached hydrogen (secondary N) is 1. The van der Waals surface area contributed by atoms with Gasteiger partial charge >= 0.3 is 0 Å². The van der Waals surface area contributed by atoms with Crippen molar-refractivity contribution < 1.29 is 14.2 Å². The van der Waals surface area contributed by atoms with E-state index in [9.17, 15) is 9.50 Å². The first-order valence-corrected chi connectivity index (χ1v) is 9.77. The van der Waals surface area contributed by atoms with Gasteiger partial charge in [0.25, 0.3) is 0 Å². The highest BCUT2D eigenvalue weighted by molar-refractivity contribution is 5.68. The van der Waals surface area contributed by atoms with Gasteiger partial charge in [-0.25, -0.2) is 9.37 Å². The monoisotopic (exact) mass is 397 g/mol. The lowest BCUT2D eigenvalue weighted by Gasteiger charge is -2.22. The second-order valence-corrected chi connectivity index (χ2v) is 7.25. The fraction of sp³-hybridized carbons (Fsp3) is 0.381. The van der Waals surface area contributed by atoms with E-state index < -0.39 is 12.3 Å². The van der Waals surface area contributed by atoms with Crippen LogP contribution in [0.2, 0.25) is 0 Å². The maximum Gasteiger partial charge on any atom is 0.233 e. The molecule has 4 rings (SSSR count). The molecule has 3 aromatic rings. The molecule has 0 aliphatic heterocycles. The summed E-state index contributed by atoms with van der Waals surface area (Å²) in [7, 11) is 1.89. The van der Waals surface area contributed by atoms with E-state index in [1.54, 1.807) is 47.6 Å². The molecule has 0 bridgehead atoms. The van der Waals surface area contributed by atoms with Gasteiger partial charge < -0.3 is 19.7 Å². The van der Waals surface area contributed by atoms with Gasteiger partial charge in [-0.3, -0.25) is 0 Å². The molecule has 2 N–H and O–H groups in total. The summed E-state index contributed by atoms with van der Waals surface area (Å²) in [6.07, 6.45) is 6.43. The second kappa shape index (κ2) is 8.57. The number of ether oxygens (including phenoxy) is 1. The van der Waals surface area contributed by atoms with Crippen molar-refractivity contribution in [3.05, 3.63) is 49.1 Å². The predicted molar refractivity (Wildman–Crippen MR) is 107 cm³/mol. The van der Waals surface area contributed by atoms with Gasteiger partial charge in [0.2, 0.25) is 5.88 Å². The number of phenols is 1. The zero-order chi connectivity index (χ0) is 20.2. The molecule has 1 aliphatic rings. The average Bonchev–Trinajstić information content (AvgIpc) is 3.21. The lowest BCUT2D eigenvalue weighted by atomic mass is 10.1. The number of rotatable bonds is 5. The van der Waals surface area contributed by atoms with Crippen LogP contribution in [0, 0.1) is 0 Å². The zero-order valence-corrected chi connectivity index (χ0v) is 16.2. The van der Waals surface area contributed by atoms with Gasteiger partial charge in [-0.2, -0.15) is 0 Å². The van der Waals surface area contributed by atoms with Gasteiger partial charge in [0, 0.05) is 42.6 Å². The highest BCUT2D eigenvalue weighted by Gasteiger charge is 2.29. The first-order valence-electron chi connectivity index (χ1n) is 9.77. The Labute approximate surface area is 168 Å². The summed E-state index contributed by atoms with van der Waals surface area (Å²) >= 11 is 0. The van der Waals surface area contributed by atoms with Crippen LogP contribution >= 0.6 is 0 Å². The Hall–Kier alpha value is -3.00. The van der Waals surface area contributed by atoms with Crippen molar-refractivity contribution in [2.24, 2.45) is 0 Å². The van der Waals surface area contributed by atoms with Crippen LogP contribution in [0.4, 0.5) is 4.39 Å². The lowest BCUT2D eigenvalue weighted by Crippen LogP contribution is -2.35. The number of alkyl halides is 1. The Morgan fingerprint density at radius 3 is 2.79 bits per heavy atom. The normalized spacial score (nSPS) is 22.2. The van der Waals surface area contributed by atoms with E-state index in [0.717, 1.165) is 18.5 Å². The maximum absolute atomic E-state index is 14.4. The molecule has 0 spiro atoms. The minimum atomic E-state index is -1.02. The summed E-state index contributed by atoms with van der Waals surface area (Å²) in [4.78, 5) is 4.00. The average molecular weight is 397 g/mol. The molecule has 8 heteroatoms. The van der Waals surface area contributed by atoms with Crippen molar-refractivity contribution in [2.45, 2.75) is 44.0 Å². The molecule has 2 aromatic heterocycles. The molecule has 1 aromatic carbocycles. The van der Waals surface area contributed by atoms with Crippen LogP contribution in [0.25, 0.3) is 16.9 Å². The summed E-state index contributed by atoms with van der Waals surface area (Å²) in [6.45, 7) is 0. The SMILES string of the molecule is CNC1CCCC(F)[C@@H](Oc2ccc(-c3ccc(-n4ccnc4)cc3O)nn2)C1. The fourth-order valence-electron chi connectivity index (χ4n) is 3.67. The van der Waals surface area contributed by atoms with Crippen molar-refractivity contribution in [3.63, 3.8) is 0 Å². The van der Waals surface area contributed by atoms with Gasteiger partial charge in [0.05, 0.1) is 17.7 Å². The largest absolute Gasteiger partial charge is 0.507 e. The van der Waals surface area contributed by atoms with Crippen LogP contribution in [-0.4, -0.2) is 50.2 Å². The number of benzene rings is 1. The first kappa shape index (κ1) is 19.3. The molecule has 0 saturated heterocycles. The Balaban J connectivity index is 1.49. The number of nitrogens with zero attached hydrogens (tertiary/aromatic N) is 4. The van der Waals surface area contributed by atoms with E-state index >= 15 is 0 Å². The first-order chi connectivity index (χ1) is 14.1. The Morgan fingerprint density at radius 1 is 1.21 bits per heavy atom. The molecule has 7 nitrogen and oxygen atoms in total. The topological polar surface area (TPSA) is 85.1 Å². The van der Waals surface area contributed by atoms with Gasteiger partial charge in [0.1, 0.15) is 18.0 Å². The number of aromatic hydroxyl groups is 1. The van der Waals surface area contributed by atoms with E-state index in [-0.39, 0.29) is 17.7 Å². The van der Waals surface area contributed by atoms with E-state index in [4.69, 9.17) is 4.74 Å². The molecule has 0 amide bonds. The third kappa shape index (κ3) is 4.37. The number of aromatic nitrogens is 4. The van der Waals surface area contributed by atoms with Crippen molar-refractivity contribution in [2.75, 3.05) is 7.05 Å². The minimum absolute atomic E-state index is 0.0867. The fourth-order valence-corrected chi connectivity index (χ4v) is 3.67. The standard InChI is InChI=1S/C21H24FN5O2/c1-23-14-3-2-4-17(22)20(11-14)29-21-8-7-18(25-26-21)16-6-5-15(12-19(16)28)27-10-9-24-13-27/h5-10,12-14,17,20,23,28H,2-4,11H2,1H3/t14?,17?,20-/m0/s1.